The molecular formula is C16H14BrN3S. The van der Waals surface area contributed by atoms with Crippen LogP contribution in [0.3, 0.4) is 0 Å². The molecule has 3 aromatic rings. The molecule has 0 fully saturated rings. The number of fused-ring (bicyclic) bond motifs is 1. The maximum Gasteiger partial charge on any atom is 0.117 e. The van der Waals surface area contributed by atoms with Gasteiger partial charge >= 0.3 is 0 Å². The Hall–Kier alpha value is -1.43. The van der Waals surface area contributed by atoms with Gasteiger partial charge in [0.25, 0.3) is 0 Å². The van der Waals surface area contributed by atoms with Crippen molar-refractivity contribution in [3.63, 3.8) is 0 Å². The van der Waals surface area contributed by atoms with Gasteiger partial charge in [0.15, 0.2) is 0 Å². The minimum Gasteiger partial charge on any atom is -0.329 e. The molecule has 1 atom stereocenters. The summed E-state index contributed by atoms with van der Waals surface area (Å²) in [4.78, 5) is 8.72. The quantitative estimate of drug-likeness (QED) is 0.560. The Kier molecular flexibility index (Phi) is 4.53. The molecule has 2 N–H and O–H groups in total. The molecule has 1 aromatic heterocycles. The summed E-state index contributed by atoms with van der Waals surface area (Å²) >= 11 is 5.14. The Morgan fingerprint density at radius 3 is 2.57 bits per heavy atom. The van der Waals surface area contributed by atoms with E-state index in [1.54, 1.807) is 18.1 Å². The van der Waals surface area contributed by atoms with Crippen molar-refractivity contribution in [3.8, 4) is 0 Å². The largest absolute Gasteiger partial charge is 0.329 e. The van der Waals surface area contributed by atoms with Gasteiger partial charge in [-0.25, -0.2) is 9.97 Å². The molecule has 2 aromatic carbocycles. The molecule has 0 aliphatic heterocycles. The van der Waals surface area contributed by atoms with Crippen molar-refractivity contribution in [1.29, 1.82) is 0 Å². The number of thioether (sulfide) groups is 1. The van der Waals surface area contributed by atoms with Crippen molar-refractivity contribution >= 4 is 38.6 Å². The average molecular weight is 360 g/mol. The first-order valence-corrected chi connectivity index (χ1v) is 8.27. The molecule has 3 nitrogen and oxygen atoms in total. The van der Waals surface area contributed by atoms with Gasteiger partial charge < -0.3 is 5.73 Å². The van der Waals surface area contributed by atoms with E-state index >= 15 is 0 Å². The lowest BCUT2D eigenvalue weighted by molar-refractivity contribution is 0.935. The number of rotatable bonds is 4. The number of halogens is 1. The lowest BCUT2D eigenvalue weighted by Crippen LogP contribution is -2.09. The summed E-state index contributed by atoms with van der Waals surface area (Å²) in [7, 11) is 0. The van der Waals surface area contributed by atoms with E-state index in [0.29, 0.717) is 6.54 Å². The van der Waals surface area contributed by atoms with E-state index in [1.165, 1.54) is 5.56 Å². The molecule has 0 aliphatic rings. The number of hydrogen-bond donors (Lipinski definition) is 1. The third kappa shape index (κ3) is 3.26. The first kappa shape index (κ1) is 14.5. The fourth-order valence-electron chi connectivity index (χ4n) is 2.14. The fraction of sp³-hybridized carbons (Fsp3) is 0.125. The van der Waals surface area contributed by atoms with Crippen LogP contribution in [0.1, 0.15) is 10.8 Å². The van der Waals surface area contributed by atoms with Gasteiger partial charge in [-0.05, 0) is 23.8 Å². The van der Waals surface area contributed by atoms with E-state index in [9.17, 15) is 0 Å². The first-order chi connectivity index (χ1) is 10.3. The zero-order valence-electron chi connectivity index (χ0n) is 11.2. The van der Waals surface area contributed by atoms with Crippen molar-refractivity contribution < 1.29 is 0 Å². The molecule has 0 aliphatic carbocycles. The minimum atomic E-state index is 0.177. The normalized spacial score (nSPS) is 12.5. The summed E-state index contributed by atoms with van der Waals surface area (Å²) in [6.07, 6.45) is 1.61. The van der Waals surface area contributed by atoms with Crippen LogP contribution in [0.25, 0.3) is 10.9 Å². The van der Waals surface area contributed by atoms with E-state index in [1.807, 2.05) is 36.4 Å². The smallest absolute Gasteiger partial charge is 0.117 e. The van der Waals surface area contributed by atoms with E-state index in [-0.39, 0.29) is 5.25 Å². The Morgan fingerprint density at radius 1 is 1.05 bits per heavy atom. The predicted octanol–water partition coefficient (Wildman–Crippen LogP) is 4.18. The number of benzene rings is 2. The molecule has 0 saturated heterocycles. The Bertz CT molecular complexity index is 741. The average Bonchev–Trinajstić information content (AvgIpc) is 2.54. The molecule has 0 bridgehead atoms. The zero-order valence-corrected chi connectivity index (χ0v) is 13.6. The molecule has 21 heavy (non-hydrogen) atoms. The van der Waals surface area contributed by atoms with Crippen LogP contribution in [-0.2, 0) is 0 Å². The van der Waals surface area contributed by atoms with Gasteiger partial charge in [-0.2, -0.15) is 0 Å². The van der Waals surface area contributed by atoms with Gasteiger partial charge in [0.05, 0.1) is 5.52 Å². The summed E-state index contributed by atoms with van der Waals surface area (Å²) in [5, 5.41) is 2.22. The highest BCUT2D eigenvalue weighted by molar-refractivity contribution is 9.10. The molecule has 0 radical (unpaired) electrons. The number of hydrogen-bond acceptors (Lipinski definition) is 4. The van der Waals surface area contributed by atoms with Crippen molar-refractivity contribution in [2.75, 3.05) is 6.54 Å². The minimum absolute atomic E-state index is 0.177. The summed E-state index contributed by atoms with van der Waals surface area (Å²) < 4.78 is 1.07. The van der Waals surface area contributed by atoms with Crippen molar-refractivity contribution in [1.82, 2.24) is 9.97 Å². The molecule has 0 amide bonds. The lowest BCUT2D eigenvalue weighted by atomic mass is 10.1. The molecule has 0 saturated carbocycles. The number of aromatic nitrogens is 2. The van der Waals surface area contributed by atoms with E-state index in [4.69, 9.17) is 5.73 Å². The summed E-state index contributed by atoms with van der Waals surface area (Å²) in [5.74, 6) is 0. The van der Waals surface area contributed by atoms with Gasteiger partial charge in [-0.15, -0.1) is 0 Å². The van der Waals surface area contributed by atoms with Crippen LogP contribution in [0, 0.1) is 0 Å². The second-order valence-corrected chi connectivity index (χ2v) is 6.70. The highest BCUT2D eigenvalue weighted by atomic mass is 79.9. The molecular weight excluding hydrogens is 346 g/mol. The molecule has 3 rings (SSSR count). The highest BCUT2D eigenvalue weighted by Crippen LogP contribution is 2.36. The third-order valence-corrected chi connectivity index (χ3v) is 5.04. The maximum atomic E-state index is 5.96. The van der Waals surface area contributed by atoms with Crippen LogP contribution in [0.15, 0.2) is 64.4 Å². The van der Waals surface area contributed by atoms with Crippen LogP contribution >= 0.6 is 27.7 Å². The molecule has 1 heterocycles. The monoisotopic (exact) mass is 359 g/mol. The van der Waals surface area contributed by atoms with Gasteiger partial charge in [-0.1, -0.05) is 58.0 Å². The van der Waals surface area contributed by atoms with Gasteiger partial charge in [0, 0.05) is 21.7 Å². The maximum absolute atomic E-state index is 5.96. The van der Waals surface area contributed by atoms with Crippen molar-refractivity contribution in [3.05, 3.63) is 64.9 Å². The summed E-state index contributed by atoms with van der Waals surface area (Å²) in [6.45, 7) is 0.560. The van der Waals surface area contributed by atoms with Crippen molar-refractivity contribution in [2.45, 2.75) is 10.3 Å². The Balaban J connectivity index is 1.94. The number of nitrogens with two attached hydrogens (primary N) is 1. The van der Waals surface area contributed by atoms with Crippen LogP contribution < -0.4 is 5.73 Å². The third-order valence-electron chi connectivity index (χ3n) is 3.22. The fourth-order valence-corrected chi connectivity index (χ4v) is 3.47. The second-order valence-electron chi connectivity index (χ2n) is 4.59. The highest BCUT2D eigenvalue weighted by Gasteiger charge is 2.14. The Labute approximate surface area is 136 Å². The van der Waals surface area contributed by atoms with Gasteiger partial charge in [0.1, 0.15) is 11.4 Å². The van der Waals surface area contributed by atoms with Crippen molar-refractivity contribution in [2.24, 2.45) is 5.73 Å². The van der Waals surface area contributed by atoms with Crippen LogP contribution in [0.5, 0.6) is 0 Å². The first-order valence-electron chi connectivity index (χ1n) is 6.60. The molecule has 1 unspecified atom stereocenters. The van der Waals surface area contributed by atoms with E-state index in [2.05, 4.69) is 38.0 Å². The van der Waals surface area contributed by atoms with Gasteiger partial charge in [-0.3, -0.25) is 0 Å². The molecule has 0 spiro atoms. The zero-order chi connectivity index (χ0) is 14.7. The van der Waals surface area contributed by atoms with E-state index in [0.717, 1.165) is 20.4 Å². The standard InChI is InChI=1S/C16H14BrN3S/c17-12-7-5-11(6-8-12)15(9-18)21-16-13-3-1-2-4-14(13)19-10-20-16/h1-8,10,15H,9,18H2. The summed E-state index contributed by atoms with van der Waals surface area (Å²) in [6, 6.07) is 16.3. The lowest BCUT2D eigenvalue weighted by Gasteiger charge is -2.15. The summed E-state index contributed by atoms with van der Waals surface area (Å²) in [5.41, 5.74) is 8.12. The number of para-hydroxylation sites is 1. The molecule has 106 valence electrons. The predicted molar refractivity (Wildman–Crippen MR) is 91.3 cm³/mol. The van der Waals surface area contributed by atoms with Crippen LogP contribution in [-0.4, -0.2) is 16.5 Å². The topological polar surface area (TPSA) is 51.8 Å². The van der Waals surface area contributed by atoms with Crippen LogP contribution in [0.2, 0.25) is 0 Å². The SMILES string of the molecule is NCC(Sc1ncnc2ccccc12)c1ccc(Br)cc1. The van der Waals surface area contributed by atoms with Gasteiger partial charge in [0.2, 0.25) is 0 Å². The van der Waals surface area contributed by atoms with Crippen LogP contribution in [0.4, 0.5) is 0 Å². The Morgan fingerprint density at radius 2 is 1.81 bits per heavy atom. The van der Waals surface area contributed by atoms with E-state index < -0.39 is 0 Å². The second kappa shape index (κ2) is 6.56. The number of nitrogens with zero attached hydrogens (tertiary/aromatic N) is 2. The molecule has 5 heteroatoms.